The molecule has 0 atom stereocenters. The number of rotatable bonds is 4. The van der Waals surface area contributed by atoms with Crippen LogP contribution in [0, 0.1) is 0 Å². The maximum atomic E-state index is 11.3. The van der Waals surface area contributed by atoms with Crippen LogP contribution in [-0.2, 0) is 9.53 Å². The third-order valence-corrected chi connectivity index (χ3v) is 2.39. The molecule has 0 bridgehead atoms. The molecule has 0 spiro atoms. The highest BCUT2D eigenvalue weighted by Crippen LogP contribution is 2.25. The zero-order chi connectivity index (χ0) is 12.8. The highest BCUT2D eigenvalue weighted by Gasteiger charge is 2.06. The van der Waals surface area contributed by atoms with E-state index in [-0.39, 0.29) is 5.71 Å². The van der Waals surface area contributed by atoms with E-state index in [9.17, 15) is 4.79 Å². The Balaban J connectivity index is 2.72. The fraction of sp³-hybridized carbons (Fsp3) is 0.273. The summed E-state index contributed by atoms with van der Waals surface area (Å²) < 4.78 is 4.78. The molecule has 0 amide bonds. The smallest absolute Gasteiger partial charge is 0.354 e. The summed E-state index contributed by atoms with van der Waals surface area (Å²) in [5, 5.41) is 4.83. The van der Waals surface area contributed by atoms with Crippen LogP contribution in [0.3, 0.4) is 0 Å². The number of nitrogens with one attached hydrogen (secondary N) is 1. The van der Waals surface area contributed by atoms with Crippen LogP contribution in [0.1, 0.15) is 13.8 Å². The lowest BCUT2D eigenvalue weighted by atomic mass is 10.3. The molecule has 6 heteroatoms. The topological polar surface area (TPSA) is 50.7 Å². The average molecular weight is 275 g/mol. The molecule has 0 fully saturated rings. The predicted molar refractivity (Wildman–Crippen MR) is 69.8 cm³/mol. The van der Waals surface area contributed by atoms with Crippen molar-refractivity contribution in [1.82, 2.24) is 0 Å². The molecule has 0 saturated heterocycles. The Bertz CT molecular complexity index is 447. The second kappa shape index (κ2) is 6.47. The van der Waals surface area contributed by atoms with Crippen molar-refractivity contribution < 1.29 is 9.53 Å². The lowest BCUT2D eigenvalue weighted by Gasteiger charge is -2.05. The summed E-state index contributed by atoms with van der Waals surface area (Å²) in [6, 6.07) is 4.93. The number of nitrogens with zero attached hydrogens (tertiary/aromatic N) is 1. The van der Waals surface area contributed by atoms with E-state index in [2.05, 4.69) is 10.5 Å². The molecule has 92 valence electrons. The molecule has 1 aromatic carbocycles. The lowest BCUT2D eigenvalue weighted by Crippen LogP contribution is -2.15. The molecule has 0 aliphatic heterocycles. The number of ether oxygens (including phenoxy) is 1. The molecule has 0 aliphatic rings. The van der Waals surface area contributed by atoms with Crippen molar-refractivity contribution in [3.8, 4) is 0 Å². The van der Waals surface area contributed by atoms with Crippen LogP contribution in [0.5, 0.6) is 0 Å². The number of carbonyl (C=O) groups excluding carboxylic acids is 1. The van der Waals surface area contributed by atoms with E-state index in [0.29, 0.717) is 22.3 Å². The first-order valence-corrected chi connectivity index (χ1v) is 5.72. The molecule has 0 unspecified atom stereocenters. The Morgan fingerprint density at radius 2 is 2.18 bits per heavy atom. The van der Waals surface area contributed by atoms with E-state index in [1.165, 1.54) is 0 Å². The average Bonchev–Trinajstić information content (AvgIpc) is 2.27. The number of hydrogen-bond donors (Lipinski definition) is 1. The quantitative estimate of drug-likeness (QED) is 0.521. The molecule has 1 aromatic rings. The van der Waals surface area contributed by atoms with Crippen LogP contribution in [0.4, 0.5) is 5.69 Å². The van der Waals surface area contributed by atoms with Gasteiger partial charge in [-0.05, 0) is 32.0 Å². The monoisotopic (exact) mass is 274 g/mol. The van der Waals surface area contributed by atoms with Gasteiger partial charge in [-0.2, -0.15) is 5.10 Å². The number of esters is 1. The van der Waals surface area contributed by atoms with E-state index in [0.717, 1.165) is 0 Å². The third-order valence-electron chi connectivity index (χ3n) is 1.85. The Morgan fingerprint density at radius 3 is 2.76 bits per heavy atom. The fourth-order valence-corrected chi connectivity index (χ4v) is 1.46. The van der Waals surface area contributed by atoms with Gasteiger partial charge in [0.15, 0.2) is 0 Å². The second-order valence-electron chi connectivity index (χ2n) is 3.15. The normalized spacial score (nSPS) is 11.2. The van der Waals surface area contributed by atoms with Crippen LogP contribution < -0.4 is 5.43 Å². The van der Waals surface area contributed by atoms with Gasteiger partial charge >= 0.3 is 5.97 Å². The molecular weight excluding hydrogens is 263 g/mol. The number of hydrogen-bond acceptors (Lipinski definition) is 4. The van der Waals surface area contributed by atoms with Gasteiger partial charge in [0.25, 0.3) is 0 Å². The molecule has 0 aromatic heterocycles. The number of halogens is 2. The minimum atomic E-state index is -0.468. The van der Waals surface area contributed by atoms with Gasteiger partial charge in [0, 0.05) is 5.02 Å². The molecule has 0 radical (unpaired) electrons. The summed E-state index contributed by atoms with van der Waals surface area (Å²) >= 11 is 11.7. The maximum Gasteiger partial charge on any atom is 0.354 e. The minimum Gasteiger partial charge on any atom is -0.461 e. The Kier molecular flexibility index (Phi) is 5.25. The van der Waals surface area contributed by atoms with Crippen molar-refractivity contribution >= 4 is 40.6 Å². The van der Waals surface area contributed by atoms with Gasteiger partial charge < -0.3 is 4.74 Å². The van der Waals surface area contributed by atoms with Crippen LogP contribution in [0.2, 0.25) is 10.0 Å². The Hall–Kier alpha value is -1.26. The molecule has 1 N–H and O–H groups in total. The number of anilines is 1. The minimum absolute atomic E-state index is 0.220. The molecule has 0 aliphatic carbocycles. The molecule has 17 heavy (non-hydrogen) atoms. The maximum absolute atomic E-state index is 11.3. The van der Waals surface area contributed by atoms with E-state index >= 15 is 0 Å². The van der Waals surface area contributed by atoms with Gasteiger partial charge in [-0.1, -0.05) is 23.2 Å². The lowest BCUT2D eigenvalue weighted by molar-refractivity contribution is -0.135. The summed E-state index contributed by atoms with van der Waals surface area (Å²) in [7, 11) is 0. The van der Waals surface area contributed by atoms with Crippen molar-refractivity contribution in [2.45, 2.75) is 13.8 Å². The molecule has 0 heterocycles. The highest BCUT2D eigenvalue weighted by atomic mass is 35.5. The zero-order valence-electron chi connectivity index (χ0n) is 9.46. The Morgan fingerprint density at radius 1 is 1.47 bits per heavy atom. The summed E-state index contributed by atoms with van der Waals surface area (Å²) in [6.07, 6.45) is 0. The summed E-state index contributed by atoms with van der Waals surface area (Å²) in [5.74, 6) is -0.468. The number of hydrazone groups is 1. The van der Waals surface area contributed by atoms with Gasteiger partial charge in [-0.3, -0.25) is 5.43 Å². The number of benzene rings is 1. The van der Waals surface area contributed by atoms with Gasteiger partial charge in [0.1, 0.15) is 5.71 Å². The number of carbonyl (C=O) groups is 1. The third kappa shape index (κ3) is 4.24. The van der Waals surface area contributed by atoms with Crippen molar-refractivity contribution in [1.29, 1.82) is 0 Å². The first kappa shape index (κ1) is 13.8. The van der Waals surface area contributed by atoms with Crippen molar-refractivity contribution in [3.05, 3.63) is 28.2 Å². The highest BCUT2D eigenvalue weighted by molar-refractivity contribution is 6.37. The van der Waals surface area contributed by atoms with Crippen LogP contribution in [0.15, 0.2) is 23.3 Å². The second-order valence-corrected chi connectivity index (χ2v) is 4.00. The van der Waals surface area contributed by atoms with Crippen LogP contribution in [-0.4, -0.2) is 18.3 Å². The first-order valence-electron chi connectivity index (χ1n) is 4.97. The summed E-state index contributed by atoms with van der Waals surface area (Å²) in [5.41, 5.74) is 3.47. The van der Waals surface area contributed by atoms with Gasteiger partial charge in [0.2, 0.25) is 0 Å². The van der Waals surface area contributed by atoms with E-state index in [4.69, 9.17) is 27.9 Å². The van der Waals surface area contributed by atoms with Crippen molar-refractivity contribution in [2.24, 2.45) is 5.10 Å². The first-order chi connectivity index (χ1) is 8.04. The fourth-order valence-electron chi connectivity index (χ4n) is 1.01. The van der Waals surface area contributed by atoms with Gasteiger partial charge in [0.05, 0.1) is 17.3 Å². The summed E-state index contributed by atoms with van der Waals surface area (Å²) in [6.45, 7) is 3.59. The summed E-state index contributed by atoms with van der Waals surface area (Å²) in [4.78, 5) is 11.3. The molecular formula is C11H12Cl2N2O2. The van der Waals surface area contributed by atoms with E-state index < -0.39 is 5.97 Å². The molecule has 4 nitrogen and oxygen atoms in total. The standard InChI is InChI=1S/C11H12Cl2N2O2/c1-3-17-11(16)7(2)14-15-10-5-4-8(12)6-9(10)13/h4-6,15H,3H2,1-2H3/b14-7-. The predicted octanol–water partition coefficient (Wildman–Crippen LogP) is 3.34. The molecule has 0 saturated carbocycles. The van der Waals surface area contributed by atoms with E-state index in [1.54, 1.807) is 32.0 Å². The van der Waals surface area contributed by atoms with Crippen molar-refractivity contribution in [2.75, 3.05) is 12.0 Å². The largest absolute Gasteiger partial charge is 0.461 e. The van der Waals surface area contributed by atoms with Gasteiger partial charge in [-0.25, -0.2) is 4.79 Å². The van der Waals surface area contributed by atoms with Crippen LogP contribution >= 0.6 is 23.2 Å². The zero-order valence-corrected chi connectivity index (χ0v) is 11.0. The van der Waals surface area contributed by atoms with Gasteiger partial charge in [-0.15, -0.1) is 0 Å². The SMILES string of the molecule is CCOC(=O)/C(C)=N\Nc1ccc(Cl)cc1Cl. The van der Waals surface area contributed by atoms with Crippen LogP contribution in [0.25, 0.3) is 0 Å². The van der Waals surface area contributed by atoms with E-state index in [1.807, 2.05) is 0 Å². The van der Waals surface area contributed by atoms with Crippen molar-refractivity contribution in [3.63, 3.8) is 0 Å². The Labute approximate surface area is 110 Å². The molecule has 1 rings (SSSR count).